The van der Waals surface area contributed by atoms with Crippen LogP contribution in [0.25, 0.3) is 11.1 Å². The molecule has 7 heteroatoms. The Balaban J connectivity index is 1.27. The molecule has 1 heterocycles. The van der Waals surface area contributed by atoms with Gasteiger partial charge < -0.3 is 20.1 Å². The van der Waals surface area contributed by atoms with Gasteiger partial charge in [-0.25, -0.2) is 4.79 Å². The van der Waals surface area contributed by atoms with E-state index in [9.17, 15) is 19.5 Å². The lowest BCUT2D eigenvalue weighted by atomic mass is 9.98. The minimum atomic E-state index is -0.840. The van der Waals surface area contributed by atoms with Gasteiger partial charge in [0.05, 0.1) is 5.92 Å². The van der Waals surface area contributed by atoms with Crippen molar-refractivity contribution in [1.29, 1.82) is 0 Å². The molecule has 1 fully saturated rings. The Morgan fingerprint density at radius 3 is 2.29 bits per heavy atom. The minimum Gasteiger partial charge on any atom is -0.481 e. The zero-order chi connectivity index (χ0) is 24.2. The lowest BCUT2D eigenvalue weighted by Gasteiger charge is -2.26. The molecule has 2 aliphatic rings. The van der Waals surface area contributed by atoms with Gasteiger partial charge in [-0.3, -0.25) is 9.59 Å². The Labute approximate surface area is 200 Å². The summed E-state index contributed by atoms with van der Waals surface area (Å²) in [6.07, 6.45) is 1.34. The summed E-state index contributed by atoms with van der Waals surface area (Å²) < 4.78 is 5.58. The Bertz CT molecular complexity index is 1020. The van der Waals surface area contributed by atoms with Gasteiger partial charge in [0.1, 0.15) is 6.61 Å². The molecule has 1 aliphatic carbocycles. The first kappa shape index (κ1) is 23.8. The van der Waals surface area contributed by atoms with Crippen LogP contribution in [-0.2, 0) is 14.3 Å². The second-order valence-electron chi connectivity index (χ2n) is 9.21. The molecule has 2 aromatic rings. The minimum absolute atomic E-state index is 0.00152. The van der Waals surface area contributed by atoms with Gasteiger partial charge in [-0.1, -0.05) is 55.5 Å². The number of ether oxygens (including phenoxy) is 1. The van der Waals surface area contributed by atoms with Crippen molar-refractivity contribution in [2.75, 3.05) is 13.2 Å². The summed E-state index contributed by atoms with van der Waals surface area (Å²) in [6.45, 7) is 4.47. The zero-order valence-electron chi connectivity index (χ0n) is 19.7. The summed E-state index contributed by atoms with van der Waals surface area (Å²) in [5.74, 6) is -1.40. The van der Waals surface area contributed by atoms with Crippen LogP contribution in [0.15, 0.2) is 48.5 Å². The summed E-state index contributed by atoms with van der Waals surface area (Å²) in [5.41, 5.74) is 4.67. The number of hydrogen-bond acceptors (Lipinski definition) is 4. The lowest BCUT2D eigenvalue weighted by molar-refractivity contribution is -0.143. The van der Waals surface area contributed by atoms with E-state index in [4.69, 9.17) is 4.74 Å². The van der Waals surface area contributed by atoms with Gasteiger partial charge in [0.25, 0.3) is 0 Å². The molecular formula is C27H32N2O5. The fourth-order valence-electron chi connectivity index (χ4n) is 5.35. The number of aliphatic carboxylic acids is 1. The molecule has 180 valence electrons. The van der Waals surface area contributed by atoms with Crippen LogP contribution in [0, 0.1) is 5.92 Å². The number of fused-ring (bicyclic) bond motifs is 3. The Hall–Kier alpha value is -3.35. The van der Waals surface area contributed by atoms with Crippen LogP contribution in [-0.4, -0.2) is 53.2 Å². The predicted octanol–water partition coefficient (Wildman–Crippen LogP) is 4.41. The number of rotatable bonds is 8. The van der Waals surface area contributed by atoms with Crippen molar-refractivity contribution in [3.63, 3.8) is 0 Å². The number of carboxylic acids is 1. The number of nitrogens with one attached hydrogen (secondary N) is 1. The maximum absolute atomic E-state index is 12.7. The second-order valence-corrected chi connectivity index (χ2v) is 9.21. The summed E-state index contributed by atoms with van der Waals surface area (Å²) in [5, 5.41) is 12.2. The normalized spacial score (nSPS) is 19.9. The molecule has 1 saturated heterocycles. The number of carboxylic acid groups (broad SMARTS) is 1. The molecule has 0 radical (unpaired) electrons. The third kappa shape index (κ3) is 4.79. The largest absolute Gasteiger partial charge is 0.481 e. The molecule has 0 bridgehead atoms. The second kappa shape index (κ2) is 10.3. The van der Waals surface area contributed by atoms with Crippen molar-refractivity contribution in [2.24, 2.45) is 5.92 Å². The van der Waals surface area contributed by atoms with E-state index in [2.05, 4.69) is 29.6 Å². The Kier molecular flexibility index (Phi) is 7.20. The fourth-order valence-corrected chi connectivity index (χ4v) is 5.35. The highest BCUT2D eigenvalue weighted by Crippen LogP contribution is 2.44. The molecule has 0 aromatic heterocycles. The SMILES string of the molecule is CCC1C(C(=O)O)CCN1C(=O)CCC(C)NC(=O)OCC1c2ccccc2-c2ccccc21. The van der Waals surface area contributed by atoms with Gasteiger partial charge in [0, 0.05) is 31.0 Å². The van der Waals surface area contributed by atoms with Crippen LogP contribution in [0.4, 0.5) is 4.79 Å². The van der Waals surface area contributed by atoms with Gasteiger partial charge in [-0.15, -0.1) is 0 Å². The van der Waals surface area contributed by atoms with E-state index in [1.807, 2.05) is 38.1 Å². The molecule has 4 rings (SSSR count). The van der Waals surface area contributed by atoms with Crippen LogP contribution < -0.4 is 5.32 Å². The van der Waals surface area contributed by atoms with E-state index >= 15 is 0 Å². The highest BCUT2D eigenvalue weighted by Gasteiger charge is 2.39. The number of carbonyl (C=O) groups excluding carboxylic acids is 2. The number of alkyl carbamates (subject to hydrolysis) is 1. The molecule has 0 saturated carbocycles. The van der Waals surface area contributed by atoms with Crippen LogP contribution in [0.2, 0.25) is 0 Å². The van der Waals surface area contributed by atoms with E-state index in [0.29, 0.717) is 25.8 Å². The number of amides is 2. The van der Waals surface area contributed by atoms with E-state index < -0.39 is 18.0 Å². The Morgan fingerprint density at radius 1 is 1.09 bits per heavy atom. The number of carbonyl (C=O) groups is 3. The van der Waals surface area contributed by atoms with E-state index in [0.717, 1.165) is 11.1 Å². The third-order valence-electron chi connectivity index (χ3n) is 7.10. The smallest absolute Gasteiger partial charge is 0.407 e. The molecule has 2 amide bonds. The molecule has 7 nitrogen and oxygen atoms in total. The summed E-state index contributed by atoms with van der Waals surface area (Å²) in [6, 6.07) is 15.9. The van der Waals surface area contributed by atoms with Crippen LogP contribution >= 0.6 is 0 Å². The van der Waals surface area contributed by atoms with Crippen molar-refractivity contribution in [1.82, 2.24) is 10.2 Å². The summed E-state index contributed by atoms with van der Waals surface area (Å²) in [7, 11) is 0. The van der Waals surface area contributed by atoms with Crippen LogP contribution in [0.5, 0.6) is 0 Å². The van der Waals surface area contributed by atoms with Crippen molar-refractivity contribution in [3.8, 4) is 11.1 Å². The van der Waals surface area contributed by atoms with Gasteiger partial charge in [-0.2, -0.15) is 0 Å². The van der Waals surface area contributed by atoms with Crippen LogP contribution in [0.1, 0.15) is 56.6 Å². The molecule has 34 heavy (non-hydrogen) atoms. The molecule has 3 unspecified atom stereocenters. The zero-order valence-corrected chi connectivity index (χ0v) is 19.7. The van der Waals surface area contributed by atoms with Gasteiger partial charge in [-0.05, 0) is 48.4 Å². The van der Waals surface area contributed by atoms with E-state index in [-0.39, 0.29) is 36.9 Å². The van der Waals surface area contributed by atoms with Crippen molar-refractivity contribution in [2.45, 2.75) is 57.5 Å². The molecule has 2 aromatic carbocycles. The standard InChI is InChI=1S/C27H32N2O5/c1-3-24-22(26(31)32)14-15-29(24)25(30)13-12-17(2)28-27(33)34-16-23-20-10-6-4-8-18(20)19-9-5-7-11-21(19)23/h4-11,17,22-24H,3,12-16H2,1-2H3,(H,28,33)(H,31,32). The van der Waals surface area contributed by atoms with Gasteiger partial charge >= 0.3 is 12.1 Å². The van der Waals surface area contributed by atoms with Crippen molar-refractivity contribution >= 4 is 18.0 Å². The average molecular weight is 465 g/mol. The number of benzene rings is 2. The van der Waals surface area contributed by atoms with Crippen LogP contribution in [0.3, 0.4) is 0 Å². The lowest BCUT2D eigenvalue weighted by Crippen LogP contribution is -2.40. The molecule has 1 aliphatic heterocycles. The molecular weight excluding hydrogens is 432 g/mol. The number of nitrogens with zero attached hydrogens (tertiary/aromatic N) is 1. The number of hydrogen-bond donors (Lipinski definition) is 2. The first-order valence-electron chi connectivity index (χ1n) is 12.0. The third-order valence-corrected chi connectivity index (χ3v) is 7.10. The molecule has 0 spiro atoms. The molecule has 3 atom stereocenters. The average Bonchev–Trinajstić information content (AvgIpc) is 3.41. The topological polar surface area (TPSA) is 95.9 Å². The Morgan fingerprint density at radius 2 is 1.71 bits per heavy atom. The highest BCUT2D eigenvalue weighted by molar-refractivity contribution is 5.80. The van der Waals surface area contributed by atoms with E-state index in [1.165, 1.54) is 11.1 Å². The summed E-state index contributed by atoms with van der Waals surface area (Å²) in [4.78, 5) is 38.3. The van der Waals surface area contributed by atoms with Crippen molar-refractivity contribution < 1.29 is 24.2 Å². The predicted molar refractivity (Wildman–Crippen MR) is 128 cm³/mol. The highest BCUT2D eigenvalue weighted by atomic mass is 16.5. The van der Waals surface area contributed by atoms with Gasteiger partial charge in [0.2, 0.25) is 5.91 Å². The van der Waals surface area contributed by atoms with Crippen molar-refractivity contribution in [3.05, 3.63) is 59.7 Å². The maximum atomic E-state index is 12.7. The summed E-state index contributed by atoms with van der Waals surface area (Å²) >= 11 is 0. The quantitative estimate of drug-likeness (QED) is 0.604. The molecule has 2 N–H and O–H groups in total. The number of likely N-dealkylation sites (tertiary alicyclic amines) is 1. The monoisotopic (exact) mass is 464 g/mol. The first-order valence-corrected chi connectivity index (χ1v) is 12.0. The van der Waals surface area contributed by atoms with Gasteiger partial charge in [0.15, 0.2) is 0 Å². The first-order chi connectivity index (χ1) is 16.4. The maximum Gasteiger partial charge on any atom is 0.407 e. The van der Waals surface area contributed by atoms with E-state index in [1.54, 1.807) is 4.90 Å². The fraction of sp³-hybridized carbons (Fsp3) is 0.444.